The number of hydrogen-bond donors (Lipinski definition) is 1. The Labute approximate surface area is 191 Å². The molecule has 1 aliphatic rings. The Morgan fingerprint density at radius 1 is 1.12 bits per heavy atom. The summed E-state index contributed by atoms with van der Waals surface area (Å²) in [5.41, 5.74) is 1.79. The smallest absolute Gasteiger partial charge is 0.338 e. The van der Waals surface area contributed by atoms with Gasteiger partial charge in [-0.25, -0.2) is 9.18 Å². The maximum atomic E-state index is 13.1. The average molecular weight is 458 g/mol. The van der Waals surface area contributed by atoms with E-state index in [4.69, 9.17) is 17.0 Å². The second-order valence-corrected chi connectivity index (χ2v) is 7.68. The van der Waals surface area contributed by atoms with Gasteiger partial charge in [-0.05, 0) is 67.5 Å². The molecule has 1 aliphatic heterocycles. The van der Waals surface area contributed by atoms with Crippen molar-refractivity contribution in [1.29, 1.82) is 0 Å². The van der Waals surface area contributed by atoms with Gasteiger partial charge in [0.1, 0.15) is 11.9 Å². The molecule has 0 aromatic heterocycles. The van der Waals surface area contributed by atoms with Crippen LogP contribution in [-0.4, -0.2) is 58.9 Å². The number of amides is 2. The van der Waals surface area contributed by atoms with Gasteiger partial charge in [0.15, 0.2) is 5.11 Å². The van der Waals surface area contributed by atoms with E-state index >= 15 is 0 Å². The maximum absolute atomic E-state index is 13.1. The topological polar surface area (TPSA) is 78.9 Å². The number of esters is 1. The number of rotatable bonds is 8. The summed E-state index contributed by atoms with van der Waals surface area (Å²) >= 11 is 5.39. The number of anilines is 1. The molecule has 1 heterocycles. The Kier molecular flexibility index (Phi) is 7.53. The first kappa shape index (κ1) is 23.3. The van der Waals surface area contributed by atoms with Gasteiger partial charge in [-0.2, -0.15) is 0 Å². The van der Waals surface area contributed by atoms with Crippen LogP contribution in [0.3, 0.4) is 0 Å². The van der Waals surface area contributed by atoms with E-state index in [-0.39, 0.29) is 30.7 Å². The lowest BCUT2D eigenvalue weighted by Gasteiger charge is -2.23. The third kappa shape index (κ3) is 5.47. The quantitative estimate of drug-likeness (QED) is 0.485. The van der Waals surface area contributed by atoms with E-state index in [0.717, 1.165) is 5.56 Å². The van der Waals surface area contributed by atoms with E-state index in [1.807, 2.05) is 0 Å². The molecule has 2 aromatic rings. The number of benzene rings is 2. The van der Waals surface area contributed by atoms with Gasteiger partial charge in [-0.3, -0.25) is 14.5 Å². The van der Waals surface area contributed by atoms with Crippen LogP contribution in [0.1, 0.15) is 29.3 Å². The van der Waals surface area contributed by atoms with Crippen LogP contribution < -0.4 is 5.32 Å². The Balaban J connectivity index is 1.63. The molecule has 0 radical (unpaired) electrons. The van der Waals surface area contributed by atoms with E-state index in [1.54, 1.807) is 55.3 Å². The van der Waals surface area contributed by atoms with E-state index in [1.165, 1.54) is 17.0 Å². The van der Waals surface area contributed by atoms with Crippen molar-refractivity contribution in [2.45, 2.75) is 25.8 Å². The van der Waals surface area contributed by atoms with Crippen molar-refractivity contribution in [2.75, 3.05) is 25.5 Å². The standard InChI is InChI=1S/C23H24FN3O4S/c1-3-31-22(30)16-6-10-18(11-7-16)25-20(28)14-19-21(29)26(2)23(32)27(19)13-12-15-4-8-17(24)9-5-15/h4-11,19H,3,12-14H2,1-2H3,(H,25,28)/t19-/m1/s1. The van der Waals surface area contributed by atoms with Crippen LogP contribution in [0.5, 0.6) is 0 Å². The van der Waals surface area contributed by atoms with Crippen molar-refractivity contribution in [3.05, 3.63) is 65.5 Å². The van der Waals surface area contributed by atoms with E-state index in [9.17, 15) is 18.8 Å². The molecule has 1 N–H and O–H groups in total. The monoisotopic (exact) mass is 457 g/mol. The molecule has 168 valence electrons. The number of hydrogen-bond acceptors (Lipinski definition) is 5. The minimum absolute atomic E-state index is 0.0770. The lowest BCUT2D eigenvalue weighted by atomic mass is 10.1. The van der Waals surface area contributed by atoms with E-state index < -0.39 is 12.0 Å². The molecular weight excluding hydrogens is 433 g/mol. The molecule has 9 heteroatoms. The predicted molar refractivity (Wildman–Crippen MR) is 122 cm³/mol. The Hall–Kier alpha value is -3.33. The largest absolute Gasteiger partial charge is 0.462 e. The summed E-state index contributed by atoms with van der Waals surface area (Å²) in [6.07, 6.45) is 0.474. The van der Waals surface area contributed by atoms with Gasteiger partial charge < -0.3 is 15.0 Å². The third-order valence-corrected chi connectivity index (χ3v) is 5.65. The molecule has 3 rings (SSSR count). The molecule has 2 aromatic carbocycles. The highest BCUT2D eigenvalue weighted by molar-refractivity contribution is 7.80. The number of nitrogens with zero attached hydrogens (tertiary/aromatic N) is 2. The predicted octanol–water partition coefficient (Wildman–Crippen LogP) is 3.00. The zero-order chi connectivity index (χ0) is 23.3. The highest BCUT2D eigenvalue weighted by atomic mass is 32.1. The lowest BCUT2D eigenvalue weighted by Crippen LogP contribution is -2.39. The molecule has 0 unspecified atom stereocenters. The van der Waals surface area contributed by atoms with Crippen molar-refractivity contribution in [1.82, 2.24) is 9.80 Å². The van der Waals surface area contributed by atoms with Gasteiger partial charge >= 0.3 is 5.97 Å². The molecule has 0 spiro atoms. The summed E-state index contributed by atoms with van der Waals surface area (Å²) in [5, 5.41) is 3.10. The Morgan fingerprint density at radius 2 is 1.78 bits per heavy atom. The van der Waals surface area contributed by atoms with Gasteiger partial charge in [-0.1, -0.05) is 12.1 Å². The van der Waals surface area contributed by atoms with E-state index in [0.29, 0.717) is 29.3 Å². The van der Waals surface area contributed by atoms with Crippen molar-refractivity contribution in [3.8, 4) is 0 Å². The van der Waals surface area contributed by atoms with Crippen LogP contribution >= 0.6 is 12.2 Å². The first-order valence-electron chi connectivity index (χ1n) is 10.2. The number of halogens is 1. The molecule has 1 saturated heterocycles. The number of carbonyl (C=O) groups excluding carboxylic acids is 3. The molecule has 1 fully saturated rings. The van der Waals surface area contributed by atoms with Crippen LogP contribution in [-0.2, 0) is 20.7 Å². The zero-order valence-corrected chi connectivity index (χ0v) is 18.7. The maximum Gasteiger partial charge on any atom is 0.338 e. The highest BCUT2D eigenvalue weighted by Gasteiger charge is 2.41. The first-order valence-corrected chi connectivity index (χ1v) is 10.6. The fraction of sp³-hybridized carbons (Fsp3) is 0.304. The molecule has 0 aliphatic carbocycles. The van der Waals surface area contributed by atoms with Gasteiger partial charge in [0.25, 0.3) is 5.91 Å². The lowest BCUT2D eigenvalue weighted by molar-refractivity contribution is -0.130. The molecule has 2 amide bonds. The van der Waals surface area contributed by atoms with Crippen LogP contribution in [0.25, 0.3) is 0 Å². The normalized spacial score (nSPS) is 15.8. The fourth-order valence-electron chi connectivity index (χ4n) is 3.42. The molecule has 1 atom stereocenters. The van der Waals surface area contributed by atoms with Gasteiger partial charge in [0.05, 0.1) is 18.6 Å². The van der Waals surface area contributed by atoms with Gasteiger partial charge in [0, 0.05) is 19.3 Å². The summed E-state index contributed by atoms with van der Waals surface area (Å²) in [4.78, 5) is 40.1. The summed E-state index contributed by atoms with van der Waals surface area (Å²) in [7, 11) is 1.58. The minimum Gasteiger partial charge on any atom is -0.462 e. The highest BCUT2D eigenvalue weighted by Crippen LogP contribution is 2.21. The van der Waals surface area contributed by atoms with Crippen LogP contribution in [0, 0.1) is 5.82 Å². The van der Waals surface area contributed by atoms with Crippen LogP contribution in [0.2, 0.25) is 0 Å². The average Bonchev–Trinajstić information content (AvgIpc) is 2.97. The zero-order valence-electron chi connectivity index (χ0n) is 17.8. The molecule has 0 saturated carbocycles. The molecule has 0 bridgehead atoms. The summed E-state index contributed by atoms with van der Waals surface area (Å²) < 4.78 is 18.1. The number of nitrogens with one attached hydrogen (secondary N) is 1. The first-order chi connectivity index (χ1) is 15.3. The van der Waals surface area contributed by atoms with Crippen LogP contribution in [0.4, 0.5) is 10.1 Å². The number of thiocarbonyl (C=S) groups is 1. The van der Waals surface area contributed by atoms with Gasteiger partial charge in [0.2, 0.25) is 5.91 Å². The Morgan fingerprint density at radius 3 is 2.41 bits per heavy atom. The van der Waals surface area contributed by atoms with Gasteiger partial charge in [-0.15, -0.1) is 0 Å². The molecule has 7 nitrogen and oxygen atoms in total. The third-order valence-electron chi connectivity index (χ3n) is 5.14. The van der Waals surface area contributed by atoms with Crippen LogP contribution in [0.15, 0.2) is 48.5 Å². The number of ether oxygens (including phenoxy) is 1. The summed E-state index contributed by atoms with van der Waals surface area (Å²) in [6.45, 7) is 2.43. The van der Waals surface area contributed by atoms with Crippen molar-refractivity contribution in [3.63, 3.8) is 0 Å². The molecule has 32 heavy (non-hydrogen) atoms. The SMILES string of the molecule is CCOC(=O)c1ccc(NC(=O)C[C@@H]2C(=O)N(C)C(=S)N2CCc2ccc(F)cc2)cc1. The van der Waals surface area contributed by atoms with Crippen molar-refractivity contribution >= 4 is 40.8 Å². The van der Waals surface area contributed by atoms with Crippen molar-refractivity contribution in [2.24, 2.45) is 0 Å². The number of carbonyl (C=O) groups is 3. The second kappa shape index (κ2) is 10.3. The molecular formula is C23H24FN3O4S. The van der Waals surface area contributed by atoms with Crippen molar-refractivity contribution < 1.29 is 23.5 Å². The summed E-state index contributed by atoms with van der Waals surface area (Å²) in [5.74, 6) is -1.35. The minimum atomic E-state index is -0.716. The Bertz CT molecular complexity index is 1010. The summed E-state index contributed by atoms with van der Waals surface area (Å²) in [6, 6.07) is 11.7. The van der Waals surface area contributed by atoms with E-state index in [2.05, 4.69) is 5.32 Å². The second-order valence-electron chi connectivity index (χ2n) is 7.32. The number of likely N-dealkylation sites (N-methyl/N-ethyl adjacent to an activating group) is 1. The fourth-order valence-corrected chi connectivity index (χ4v) is 3.73.